The Labute approximate surface area is 127 Å². The van der Waals surface area contributed by atoms with Crippen molar-refractivity contribution in [3.05, 3.63) is 25.6 Å². The summed E-state index contributed by atoms with van der Waals surface area (Å²) in [5, 5.41) is 0.898. The summed E-state index contributed by atoms with van der Waals surface area (Å²) in [5.41, 5.74) is 1.39. The van der Waals surface area contributed by atoms with E-state index in [9.17, 15) is 4.79 Å². The van der Waals surface area contributed by atoms with Crippen LogP contribution in [0.1, 0.15) is 50.1 Å². The Bertz CT molecular complexity index is 766. The van der Waals surface area contributed by atoms with Crippen molar-refractivity contribution in [2.75, 3.05) is 0 Å². The van der Waals surface area contributed by atoms with Crippen LogP contribution in [0.3, 0.4) is 0 Å². The third-order valence-electron chi connectivity index (χ3n) is 4.31. The van der Waals surface area contributed by atoms with Crippen molar-refractivity contribution in [1.82, 2.24) is 9.55 Å². The molecule has 0 saturated carbocycles. The summed E-state index contributed by atoms with van der Waals surface area (Å²) in [4.78, 5) is 18.6. The van der Waals surface area contributed by atoms with Gasteiger partial charge in [-0.25, -0.2) is 0 Å². The molecule has 5 heteroatoms. The van der Waals surface area contributed by atoms with Crippen LogP contribution in [0.15, 0.2) is 4.79 Å². The average Bonchev–Trinajstić information content (AvgIpc) is 2.93. The second-order valence-electron chi connectivity index (χ2n) is 5.89. The van der Waals surface area contributed by atoms with Crippen LogP contribution in [0.5, 0.6) is 0 Å². The summed E-state index contributed by atoms with van der Waals surface area (Å²) in [6.45, 7) is 6.42. The minimum Gasteiger partial charge on any atom is -0.323 e. The number of aryl methyl sites for hydroxylation is 2. The summed E-state index contributed by atoms with van der Waals surface area (Å²) < 4.78 is 2.39. The third-order valence-corrected chi connectivity index (χ3v) is 5.82. The van der Waals surface area contributed by atoms with Crippen molar-refractivity contribution in [2.45, 2.75) is 52.5 Å². The van der Waals surface area contributed by atoms with E-state index in [1.54, 1.807) is 11.3 Å². The molecule has 20 heavy (non-hydrogen) atoms. The number of hydrogen-bond donors (Lipinski definition) is 1. The zero-order valence-electron chi connectivity index (χ0n) is 12.2. The third kappa shape index (κ3) is 1.99. The molecular formula is C15H20N2OS2. The lowest BCUT2D eigenvalue weighted by Crippen LogP contribution is -2.29. The summed E-state index contributed by atoms with van der Waals surface area (Å²) >= 11 is 7.17. The Morgan fingerprint density at radius 3 is 2.80 bits per heavy atom. The van der Waals surface area contributed by atoms with Crippen molar-refractivity contribution in [3.63, 3.8) is 0 Å². The maximum absolute atomic E-state index is 13.0. The lowest BCUT2D eigenvalue weighted by atomic mass is 10.0. The first-order valence-electron chi connectivity index (χ1n) is 7.33. The predicted molar refractivity (Wildman–Crippen MR) is 87.5 cm³/mol. The van der Waals surface area contributed by atoms with Crippen LogP contribution < -0.4 is 5.56 Å². The van der Waals surface area contributed by atoms with Gasteiger partial charge in [-0.05, 0) is 49.4 Å². The molecule has 2 aromatic rings. The van der Waals surface area contributed by atoms with Gasteiger partial charge in [0.25, 0.3) is 5.56 Å². The van der Waals surface area contributed by atoms with E-state index in [4.69, 9.17) is 12.2 Å². The Kier molecular flexibility index (Phi) is 3.58. The van der Waals surface area contributed by atoms with E-state index in [1.807, 2.05) is 4.57 Å². The maximum Gasteiger partial charge on any atom is 0.263 e. The molecule has 1 atom stereocenters. The number of H-pyrrole nitrogens is 1. The molecular weight excluding hydrogens is 288 g/mol. The fourth-order valence-corrected chi connectivity index (χ4v) is 5.01. The maximum atomic E-state index is 13.0. The predicted octanol–water partition coefficient (Wildman–Crippen LogP) is 4.22. The highest BCUT2D eigenvalue weighted by Crippen LogP contribution is 2.35. The zero-order valence-corrected chi connectivity index (χ0v) is 13.8. The lowest BCUT2D eigenvalue weighted by molar-refractivity contribution is 0.352. The summed E-state index contributed by atoms with van der Waals surface area (Å²) in [7, 11) is 0. The van der Waals surface area contributed by atoms with Gasteiger partial charge in [-0.1, -0.05) is 20.8 Å². The highest BCUT2D eigenvalue weighted by molar-refractivity contribution is 7.71. The molecule has 3 rings (SSSR count). The van der Waals surface area contributed by atoms with Gasteiger partial charge in [0.2, 0.25) is 0 Å². The van der Waals surface area contributed by atoms with E-state index in [-0.39, 0.29) is 11.6 Å². The second-order valence-corrected chi connectivity index (χ2v) is 7.38. The molecule has 0 radical (unpaired) electrons. The average molecular weight is 308 g/mol. The Hall–Kier alpha value is -0.940. The summed E-state index contributed by atoms with van der Waals surface area (Å²) in [6.07, 6.45) is 4.24. The number of hydrogen-bond acceptors (Lipinski definition) is 3. The van der Waals surface area contributed by atoms with Crippen molar-refractivity contribution in [1.29, 1.82) is 0 Å². The molecule has 0 bridgehead atoms. The lowest BCUT2D eigenvalue weighted by Gasteiger charge is -2.22. The van der Waals surface area contributed by atoms with Crippen LogP contribution in [0.2, 0.25) is 0 Å². The largest absolute Gasteiger partial charge is 0.323 e. The van der Waals surface area contributed by atoms with Crippen LogP contribution in [-0.4, -0.2) is 9.55 Å². The van der Waals surface area contributed by atoms with Crippen molar-refractivity contribution in [2.24, 2.45) is 5.92 Å². The molecule has 0 saturated heterocycles. The number of fused-ring (bicyclic) bond motifs is 3. The zero-order chi connectivity index (χ0) is 14.4. The Morgan fingerprint density at radius 1 is 1.40 bits per heavy atom. The molecule has 1 aliphatic carbocycles. The standard InChI is InChI=1S/C15H20N2OS2/c1-4-10(8(2)3)17-14(18)12-9-6-5-7-11(9)20-13(12)16-15(17)19/h8,10H,4-7H2,1-3H3,(H,16,19). The molecule has 0 amide bonds. The van der Waals surface area contributed by atoms with Crippen LogP contribution in [-0.2, 0) is 12.8 Å². The molecule has 3 nitrogen and oxygen atoms in total. The van der Waals surface area contributed by atoms with Gasteiger partial charge >= 0.3 is 0 Å². The molecule has 2 aromatic heterocycles. The fourth-order valence-electron chi connectivity index (χ4n) is 3.34. The van der Waals surface area contributed by atoms with Gasteiger partial charge in [-0.3, -0.25) is 9.36 Å². The van der Waals surface area contributed by atoms with Crippen molar-refractivity contribution >= 4 is 33.8 Å². The molecule has 0 fully saturated rings. The topological polar surface area (TPSA) is 37.8 Å². The van der Waals surface area contributed by atoms with Crippen LogP contribution >= 0.6 is 23.6 Å². The van der Waals surface area contributed by atoms with Gasteiger partial charge in [-0.2, -0.15) is 0 Å². The minimum absolute atomic E-state index is 0.115. The van der Waals surface area contributed by atoms with E-state index in [0.29, 0.717) is 10.7 Å². The van der Waals surface area contributed by atoms with Crippen LogP contribution in [0.25, 0.3) is 10.2 Å². The van der Waals surface area contributed by atoms with Gasteiger partial charge < -0.3 is 4.98 Å². The highest BCUT2D eigenvalue weighted by Gasteiger charge is 2.24. The molecule has 1 aliphatic rings. The molecule has 0 aliphatic heterocycles. The van der Waals surface area contributed by atoms with Gasteiger partial charge in [0, 0.05) is 10.9 Å². The number of nitrogens with zero attached hydrogens (tertiary/aromatic N) is 1. The molecule has 1 unspecified atom stereocenters. The first-order chi connectivity index (χ1) is 9.54. The number of aromatic amines is 1. The minimum atomic E-state index is 0.115. The van der Waals surface area contributed by atoms with Gasteiger partial charge in [0.15, 0.2) is 4.77 Å². The number of thiophene rings is 1. The van der Waals surface area contributed by atoms with Gasteiger partial charge in [0.1, 0.15) is 4.83 Å². The first kappa shape index (κ1) is 14.0. The molecule has 2 heterocycles. The molecule has 0 aromatic carbocycles. The fraction of sp³-hybridized carbons (Fsp3) is 0.600. The van der Waals surface area contributed by atoms with Crippen molar-refractivity contribution in [3.8, 4) is 0 Å². The van der Waals surface area contributed by atoms with E-state index >= 15 is 0 Å². The smallest absolute Gasteiger partial charge is 0.263 e. The van der Waals surface area contributed by atoms with E-state index in [1.165, 1.54) is 16.9 Å². The molecule has 108 valence electrons. The van der Waals surface area contributed by atoms with Crippen molar-refractivity contribution < 1.29 is 0 Å². The SMILES string of the molecule is CCC(C(C)C)n1c(=S)[nH]c2sc3c(c2c1=O)CCC3. The highest BCUT2D eigenvalue weighted by atomic mass is 32.1. The summed E-state index contributed by atoms with van der Waals surface area (Å²) in [6, 6.07) is 0.174. The van der Waals surface area contributed by atoms with E-state index in [2.05, 4.69) is 25.8 Å². The quantitative estimate of drug-likeness (QED) is 0.862. The van der Waals surface area contributed by atoms with Gasteiger partial charge in [-0.15, -0.1) is 11.3 Å². The summed E-state index contributed by atoms with van der Waals surface area (Å²) in [5.74, 6) is 0.400. The number of aromatic nitrogens is 2. The van der Waals surface area contributed by atoms with Crippen LogP contribution in [0.4, 0.5) is 0 Å². The number of rotatable bonds is 3. The first-order valence-corrected chi connectivity index (χ1v) is 8.56. The molecule has 1 N–H and O–H groups in total. The van der Waals surface area contributed by atoms with Crippen LogP contribution in [0, 0.1) is 10.7 Å². The molecule has 0 spiro atoms. The normalized spacial score (nSPS) is 16.0. The monoisotopic (exact) mass is 308 g/mol. The van der Waals surface area contributed by atoms with E-state index in [0.717, 1.165) is 29.5 Å². The number of nitrogens with one attached hydrogen (secondary N) is 1. The second kappa shape index (κ2) is 5.11. The Balaban J connectivity index is 2.34. The van der Waals surface area contributed by atoms with E-state index < -0.39 is 0 Å². The Morgan fingerprint density at radius 2 is 2.15 bits per heavy atom. The van der Waals surface area contributed by atoms with Gasteiger partial charge in [0.05, 0.1) is 5.39 Å².